The van der Waals surface area contributed by atoms with Crippen LogP contribution >= 0.6 is 11.3 Å². The number of hydrogen-bond donors (Lipinski definition) is 0. The average molecular weight is 411 g/mol. The molecule has 0 fully saturated rings. The standard InChI is InChI=1S/C23H26N2O3S/c1-16(2)14-28-20-11-10-18(12-21(20)27-4)22-24-19(15-29-22)23(26)25(3)13-17-8-6-5-7-9-17/h5-12,15-16H,13-14H2,1-4H3. The summed E-state index contributed by atoms with van der Waals surface area (Å²) < 4.78 is 11.3. The molecule has 0 spiro atoms. The van der Waals surface area contributed by atoms with Crippen LogP contribution in [0.5, 0.6) is 11.5 Å². The van der Waals surface area contributed by atoms with E-state index in [4.69, 9.17) is 9.47 Å². The molecule has 0 saturated carbocycles. The summed E-state index contributed by atoms with van der Waals surface area (Å²) in [5.41, 5.74) is 2.43. The Morgan fingerprint density at radius 3 is 2.59 bits per heavy atom. The molecule has 0 N–H and O–H groups in total. The maximum Gasteiger partial charge on any atom is 0.273 e. The Hall–Kier alpha value is -2.86. The fourth-order valence-corrected chi connectivity index (χ4v) is 3.60. The second-order valence-corrected chi connectivity index (χ2v) is 8.11. The Bertz CT molecular complexity index is 954. The normalized spacial score (nSPS) is 10.8. The molecule has 3 rings (SSSR count). The molecule has 1 amide bonds. The number of carbonyl (C=O) groups excluding carboxylic acids is 1. The van der Waals surface area contributed by atoms with Crippen LogP contribution in [0.1, 0.15) is 29.9 Å². The number of hydrogen-bond acceptors (Lipinski definition) is 5. The quantitative estimate of drug-likeness (QED) is 0.517. The first-order valence-electron chi connectivity index (χ1n) is 9.54. The van der Waals surface area contributed by atoms with Gasteiger partial charge in [0.05, 0.1) is 13.7 Å². The highest BCUT2D eigenvalue weighted by molar-refractivity contribution is 7.13. The molecule has 5 nitrogen and oxygen atoms in total. The van der Waals surface area contributed by atoms with Gasteiger partial charge in [0.2, 0.25) is 0 Å². The summed E-state index contributed by atoms with van der Waals surface area (Å²) in [4.78, 5) is 19.0. The molecular formula is C23H26N2O3S. The summed E-state index contributed by atoms with van der Waals surface area (Å²) in [5, 5.41) is 2.57. The summed E-state index contributed by atoms with van der Waals surface area (Å²) in [6.07, 6.45) is 0. The third-order valence-electron chi connectivity index (χ3n) is 4.32. The van der Waals surface area contributed by atoms with E-state index in [1.165, 1.54) is 11.3 Å². The van der Waals surface area contributed by atoms with Gasteiger partial charge in [0.1, 0.15) is 10.7 Å². The number of ether oxygens (including phenoxy) is 2. The molecule has 0 atom stereocenters. The highest BCUT2D eigenvalue weighted by Crippen LogP contribution is 2.34. The fraction of sp³-hybridized carbons (Fsp3) is 0.304. The molecule has 0 bridgehead atoms. The van der Waals surface area contributed by atoms with Crippen LogP contribution in [0.4, 0.5) is 0 Å². The Labute approximate surface area is 175 Å². The number of amides is 1. The van der Waals surface area contributed by atoms with E-state index < -0.39 is 0 Å². The molecule has 0 saturated heterocycles. The van der Waals surface area contributed by atoms with Crippen LogP contribution < -0.4 is 9.47 Å². The Balaban J connectivity index is 1.74. The van der Waals surface area contributed by atoms with Crippen molar-refractivity contribution in [2.75, 3.05) is 20.8 Å². The first kappa shape index (κ1) is 20.9. The molecule has 6 heteroatoms. The largest absolute Gasteiger partial charge is 0.493 e. The van der Waals surface area contributed by atoms with Gasteiger partial charge in [-0.15, -0.1) is 11.3 Å². The van der Waals surface area contributed by atoms with Crippen molar-refractivity contribution >= 4 is 17.2 Å². The summed E-state index contributed by atoms with van der Waals surface area (Å²) in [5.74, 6) is 1.70. The van der Waals surface area contributed by atoms with Crippen molar-refractivity contribution in [2.24, 2.45) is 5.92 Å². The van der Waals surface area contributed by atoms with Crippen molar-refractivity contribution in [3.8, 4) is 22.1 Å². The van der Waals surface area contributed by atoms with Gasteiger partial charge in [-0.25, -0.2) is 4.98 Å². The number of methoxy groups -OCH3 is 1. The van der Waals surface area contributed by atoms with Gasteiger partial charge in [-0.05, 0) is 29.7 Å². The highest BCUT2D eigenvalue weighted by atomic mass is 32.1. The zero-order valence-corrected chi connectivity index (χ0v) is 18.0. The van der Waals surface area contributed by atoms with Crippen LogP contribution in [-0.2, 0) is 6.54 Å². The minimum atomic E-state index is -0.0970. The monoisotopic (exact) mass is 410 g/mol. The molecule has 1 heterocycles. The highest BCUT2D eigenvalue weighted by Gasteiger charge is 2.17. The molecule has 0 aliphatic heterocycles. The number of thiazole rings is 1. The van der Waals surface area contributed by atoms with Gasteiger partial charge < -0.3 is 14.4 Å². The van der Waals surface area contributed by atoms with Crippen molar-refractivity contribution in [3.63, 3.8) is 0 Å². The van der Waals surface area contributed by atoms with Gasteiger partial charge in [-0.2, -0.15) is 0 Å². The topological polar surface area (TPSA) is 51.7 Å². The molecule has 0 aliphatic carbocycles. The van der Waals surface area contributed by atoms with Gasteiger partial charge in [0.15, 0.2) is 11.5 Å². The molecule has 0 radical (unpaired) electrons. The van der Waals surface area contributed by atoms with Gasteiger partial charge >= 0.3 is 0 Å². The third-order valence-corrected chi connectivity index (χ3v) is 5.21. The van der Waals surface area contributed by atoms with Crippen molar-refractivity contribution in [1.82, 2.24) is 9.88 Å². The van der Waals surface area contributed by atoms with Crippen LogP contribution in [0.15, 0.2) is 53.9 Å². The number of benzene rings is 2. The lowest BCUT2D eigenvalue weighted by atomic mass is 10.2. The predicted octanol–water partition coefficient (Wildman–Crippen LogP) is 5.13. The van der Waals surface area contributed by atoms with E-state index in [-0.39, 0.29) is 5.91 Å². The van der Waals surface area contributed by atoms with Crippen molar-refractivity contribution in [2.45, 2.75) is 20.4 Å². The summed E-state index contributed by atoms with van der Waals surface area (Å²) >= 11 is 1.44. The first-order valence-corrected chi connectivity index (χ1v) is 10.4. The Kier molecular flexibility index (Phi) is 6.88. The lowest BCUT2D eigenvalue weighted by molar-refractivity contribution is 0.0780. The number of rotatable bonds is 8. The van der Waals surface area contributed by atoms with E-state index in [0.29, 0.717) is 36.3 Å². The summed E-state index contributed by atoms with van der Waals surface area (Å²) in [7, 11) is 3.41. The van der Waals surface area contributed by atoms with Crippen molar-refractivity contribution in [3.05, 3.63) is 65.2 Å². The van der Waals surface area contributed by atoms with Gasteiger partial charge in [-0.3, -0.25) is 4.79 Å². The first-order chi connectivity index (χ1) is 14.0. The lowest BCUT2D eigenvalue weighted by Gasteiger charge is -2.15. The van der Waals surface area contributed by atoms with E-state index in [2.05, 4.69) is 18.8 Å². The van der Waals surface area contributed by atoms with E-state index >= 15 is 0 Å². The second-order valence-electron chi connectivity index (χ2n) is 7.26. The van der Waals surface area contributed by atoms with E-state index in [1.54, 1.807) is 24.4 Å². The number of aromatic nitrogens is 1. The predicted molar refractivity (Wildman–Crippen MR) is 117 cm³/mol. The van der Waals surface area contributed by atoms with E-state index in [1.807, 2.05) is 48.5 Å². The zero-order valence-electron chi connectivity index (χ0n) is 17.2. The molecule has 1 aromatic heterocycles. The zero-order chi connectivity index (χ0) is 20.8. The van der Waals surface area contributed by atoms with Crippen LogP contribution in [0.2, 0.25) is 0 Å². The lowest BCUT2D eigenvalue weighted by Crippen LogP contribution is -2.26. The SMILES string of the molecule is COc1cc(-c2nc(C(=O)N(C)Cc3ccccc3)cs2)ccc1OCC(C)C. The van der Waals surface area contributed by atoms with E-state index in [0.717, 1.165) is 16.1 Å². The minimum absolute atomic E-state index is 0.0970. The number of nitrogens with zero attached hydrogens (tertiary/aromatic N) is 2. The van der Waals surface area contributed by atoms with Gasteiger partial charge in [0, 0.05) is 24.5 Å². The van der Waals surface area contributed by atoms with Crippen LogP contribution in [0, 0.1) is 5.92 Å². The van der Waals surface area contributed by atoms with Crippen molar-refractivity contribution < 1.29 is 14.3 Å². The molecule has 0 aliphatic rings. The van der Waals surface area contributed by atoms with Crippen LogP contribution in [-0.4, -0.2) is 36.6 Å². The van der Waals surface area contributed by atoms with Gasteiger partial charge in [-0.1, -0.05) is 44.2 Å². The van der Waals surface area contributed by atoms with Crippen LogP contribution in [0.3, 0.4) is 0 Å². The molecule has 29 heavy (non-hydrogen) atoms. The molecule has 152 valence electrons. The van der Waals surface area contributed by atoms with Crippen LogP contribution in [0.25, 0.3) is 10.6 Å². The Morgan fingerprint density at radius 2 is 1.90 bits per heavy atom. The third kappa shape index (κ3) is 5.35. The molecular weight excluding hydrogens is 384 g/mol. The summed E-state index contributed by atoms with van der Waals surface area (Å²) in [6, 6.07) is 15.6. The molecule has 3 aromatic rings. The molecule has 0 unspecified atom stereocenters. The Morgan fingerprint density at radius 1 is 1.14 bits per heavy atom. The maximum absolute atomic E-state index is 12.7. The summed E-state index contributed by atoms with van der Waals surface area (Å²) in [6.45, 7) is 5.37. The smallest absolute Gasteiger partial charge is 0.273 e. The number of carbonyl (C=O) groups is 1. The maximum atomic E-state index is 12.7. The average Bonchev–Trinajstić information content (AvgIpc) is 3.22. The van der Waals surface area contributed by atoms with Crippen molar-refractivity contribution in [1.29, 1.82) is 0 Å². The van der Waals surface area contributed by atoms with Gasteiger partial charge in [0.25, 0.3) is 5.91 Å². The van der Waals surface area contributed by atoms with E-state index in [9.17, 15) is 4.79 Å². The fourth-order valence-electron chi connectivity index (χ4n) is 2.81. The minimum Gasteiger partial charge on any atom is -0.493 e. The molecule has 2 aromatic carbocycles. The second kappa shape index (κ2) is 9.56.